The van der Waals surface area contributed by atoms with Crippen molar-refractivity contribution in [2.75, 3.05) is 65.9 Å². The number of aliphatic hydroxyl groups excluding tert-OH is 4. The van der Waals surface area contributed by atoms with Crippen molar-refractivity contribution in [3.63, 3.8) is 0 Å². The third kappa shape index (κ3) is 71.2. The van der Waals surface area contributed by atoms with Crippen molar-refractivity contribution in [3.05, 3.63) is 24.3 Å². The van der Waals surface area contributed by atoms with Gasteiger partial charge in [-0.05, 0) is 103 Å². The molecule has 0 fully saturated rings. The van der Waals surface area contributed by atoms with E-state index in [9.17, 15) is 68.1 Å². The number of unbranched alkanes of at least 4 members (excludes halogenated alkanes) is 34. The molecule has 4 unspecified atom stereocenters. The number of carbonyl (C=O) groups is 6. The van der Waals surface area contributed by atoms with Gasteiger partial charge >= 0.3 is 27.6 Å². The average Bonchev–Trinajstić information content (AvgIpc) is 0.845. The molecule has 10 atom stereocenters. The Hall–Kier alpha value is -3.72. The summed E-state index contributed by atoms with van der Waals surface area (Å²) in [5.41, 5.74) is 0. The number of esters is 2. The highest BCUT2D eigenvalue weighted by atomic mass is 31.2. The Bertz CT molecular complexity index is 2320. The molecule has 0 aliphatic rings. The van der Waals surface area contributed by atoms with Crippen LogP contribution in [0.2, 0.25) is 0 Å². The minimum absolute atomic E-state index is 0.111. The Labute approximate surface area is 688 Å². The monoisotopic (exact) mass is 1670 g/mol. The molecule has 0 heterocycles. The van der Waals surface area contributed by atoms with Crippen molar-refractivity contribution in [3.8, 4) is 0 Å². The van der Waals surface area contributed by atoms with E-state index in [-0.39, 0.29) is 52.1 Å². The summed E-state index contributed by atoms with van der Waals surface area (Å²) < 4.78 is 70.8. The van der Waals surface area contributed by atoms with Crippen LogP contribution in [0.25, 0.3) is 0 Å². The Morgan fingerprint density at radius 2 is 0.614 bits per heavy atom. The Balaban J connectivity index is 5.87. The number of ether oxygens (including phenoxy) is 4. The lowest BCUT2D eigenvalue weighted by atomic mass is 10.0. The third-order valence-corrected chi connectivity index (χ3v) is 21.8. The predicted molar refractivity (Wildman–Crippen MR) is 451 cm³/mol. The number of nitrogens with one attached hydrogen (secondary N) is 4. The molecule has 0 aromatic heterocycles. The first kappa shape index (κ1) is 110. The molecule has 0 saturated heterocycles. The second kappa shape index (κ2) is 77.9. The normalized spacial score (nSPS) is 15.0. The van der Waals surface area contributed by atoms with E-state index >= 15 is 0 Å². The van der Waals surface area contributed by atoms with Gasteiger partial charge in [-0.25, -0.2) is 9.13 Å². The fourth-order valence-electron chi connectivity index (χ4n) is 12.8. The van der Waals surface area contributed by atoms with E-state index in [0.29, 0.717) is 51.4 Å². The van der Waals surface area contributed by atoms with Crippen molar-refractivity contribution in [2.24, 2.45) is 0 Å². The first-order valence-corrected chi connectivity index (χ1v) is 48.0. The minimum atomic E-state index is -4.92. The number of allylic oxidation sites excluding steroid dienone is 4. The lowest BCUT2D eigenvalue weighted by Crippen LogP contribution is -2.50. The summed E-state index contributed by atoms with van der Waals surface area (Å²) in [4.78, 5) is 101. The van der Waals surface area contributed by atoms with E-state index in [1.807, 2.05) is 0 Å². The van der Waals surface area contributed by atoms with Gasteiger partial charge in [0, 0.05) is 39.1 Å². The number of phosphoric ester groups is 2. The SMILES string of the molecule is CCCCCC/C=C/CCCC(=O)O[C@H](CCCCCCCCCCC)CC(=O)NC(COCC[C@H](O)CCCCCCC)COP(=O)(O)OCCNC(=O)[C@@H](O)[C@H](O)C(=O)NCCOP(=O)(O)OCC(COCC[C@H](O)CCCCCCC)NC(=O)C[C@@H](CCCCCCCCCCC)OC(=O)CCC/C=C/CCCCCC. The van der Waals surface area contributed by atoms with Crippen LogP contribution < -0.4 is 21.3 Å². The number of hydrogen-bond donors (Lipinski definition) is 10. The van der Waals surface area contributed by atoms with Crippen LogP contribution in [0.3, 0.4) is 0 Å². The van der Waals surface area contributed by atoms with E-state index in [1.54, 1.807) is 0 Å². The highest BCUT2D eigenvalue weighted by Crippen LogP contribution is 2.44. The van der Waals surface area contributed by atoms with Crippen LogP contribution in [0.1, 0.15) is 375 Å². The van der Waals surface area contributed by atoms with Crippen molar-refractivity contribution >= 4 is 51.2 Å². The maximum absolute atomic E-state index is 13.8. The Morgan fingerprint density at radius 3 is 0.930 bits per heavy atom. The van der Waals surface area contributed by atoms with Gasteiger partial charge in [0.2, 0.25) is 11.8 Å². The number of hydrogen-bond acceptors (Lipinski definition) is 20. The summed E-state index contributed by atoms with van der Waals surface area (Å²) in [7, 11) is -9.85. The van der Waals surface area contributed by atoms with Gasteiger partial charge in [-0.1, -0.05) is 271 Å². The highest BCUT2D eigenvalue weighted by Gasteiger charge is 2.32. The second-order valence-electron chi connectivity index (χ2n) is 30.9. The molecule has 0 radical (unpaired) electrons. The van der Waals surface area contributed by atoms with Gasteiger partial charge in [-0.3, -0.25) is 46.9 Å². The van der Waals surface area contributed by atoms with Crippen LogP contribution >= 0.6 is 15.6 Å². The first-order chi connectivity index (χ1) is 55.0. The first-order valence-electron chi connectivity index (χ1n) is 45.0. The number of phosphoric acid groups is 2. The molecule has 26 nitrogen and oxygen atoms in total. The fourth-order valence-corrected chi connectivity index (χ4v) is 14.4. The molecule has 0 saturated carbocycles. The van der Waals surface area contributed by atoms with Crippen molar-refractivity contribution < 1.29 is 105 Å². The zero-order chi connectivity index (χ0) is 84.2. The predicted octanol–water partition coefficient (Wildman–Crippen LogP) is 17.3. The molecule has 114 heavy (non-hydrogen) atoms. The molecule has 10 N–H and O–H groups in total. The van der Waals surface area contributed by atoms with Gasteiger partial charge in [0.05, 0.1) is 76.8 Å². The molecule has 0 aromatic rings. The van der Waals surface area contributed by atoms with Crippen molar-refractivity contribution in [1.82, 2.24) is 21.3 Å². The summed E-state index contributed by atoms with van der Waals surface area (Å²) >= 11 is 0. The van der Waals surface area contributed by atoms with Crippen molar-refractivity contribution in [1.29, 1.82) is 0 Å². The quantitative estimate of drug-likeness (QED) is 0.0117. The van der Waals surface area contributed by atoms with E-state index in [4.69, 9.17) is 37.0 Å². The van der Waals surface area contributed by atoms with Crippen molar-refractivity contribution in [2.45, 2.75) is 424 Å². The van der Waals surface area contributed by atoms with Crippen LogP contribution in [0.15, 0.2) is 24.3 Å². The zero-order valence-electron chi connectivity index (χ0n) is 71.9. The van der Waals surface area contributed by atoms with E-state index in [0.717, 1.165) is 167 Å². The van der Waals surface area contributed by atoms with Crippen LogP contribution in [-0.2, 0) is 74.9 Å². The lowest BCUT2D eigenvalue weighted by Gasteiger charge is -2.23. The highest BCUT2D eigenvalue weighted by molar-refractivity contribution is 7.47. The Morgan fingerprint density at radius 1 is 0.333 bits per heavy atom. The van der Waals surface area contributed by atoms with Gasteiger partial charge in [0.1, 0.15) is 12.2 Å². The van der Waals surface area contributed by atoms with Crippen LogP contribution in [-0.4, -0.2) is 180 Å². The molecule has 0 aromatic carbocycles. The van der Waals surface area contributed by atoms with Gasteiger partial charge < -0.3 is 70.4 Å². The molecule has 0 aliphatic heterocycles. The van der Waals surface area contributed by atoms with Gasteiger partial charge in [0.15, 0.2) is 12.2 Å². The maximum atomic E-state index is 13.8. The third-order valence-electron chi connectivity index (χ3n) is 19.8. The van der Waals surface area contributed by atoms with Crippen LogP contribution in [0.5, 0.6) is 0 Å². The summed E-state index contributed by atoms with van der Waals surface area (Å²) in [6.45, 7) is 9.28. The van der Waals surface area contributed by atoms with Crippen LogP contribution in [0, 0.1) is 0 Å². The summed E-state index contributed by atoms with van der Waals surface area (Å²) in [5.74, 6) is -4.39. The molecule has 4 amide bonds. The summed E-state index contributed by atoms with van der Waals surface area (Å²) in [5, 5.41) is 52.5. The topological polar surface area (TPSA) is 380 Å². The van der Waals surface area contributed by atoms with Gasteiger partial charge in [-0.2, -0.15) is 0 Å². The Kier molecular flexibility index (Phi) is 75.3. The maximum Gasteiger partial charge on any atom is 0.472 e. The van der Waals surface area contributed by atoms with E-state index in [2.05, 4.69) is 87.1 Å². The summed E-state index contributed by atoms with van der Waals surface area (Å²) in [6, 6.07) is -2.03. The van der Waals surface area contributed by atoms with Gasteiger partial charge in [-0.15, -0.1) is 0 Å². The van der Waals surface area contributed by atoms with Gasteiger partial charge in [0.25, 0.3) is 11.8 Å². The number of amides is 4. The fraction of sp³-hybridized carbons (Fsp3) is 0.884. The standard InChI is InChI=1S/C86H164N4O22P2/c1-7-13-19-25-29-33-37-43-49-55-77(111-81(95)57-51-45-39-35-31-27-21-15-9-3)67-79(93)89-73(69-105-63-59-75(91)53-47-41-23-17-11-5)71-109-113(101,102)107-65-61-87-85(99)83(97)84(98)86(100)88-62-66-108-114(103,104)110-72-74(70-106-64-60-76(92)54-48-42-24-18-12-6)90-80(94)68-78(56-50-44-38-34-30-26-20-14-8-2)112-82(96)58-52-46-40-36-32-28-22-16-10-4/h35-36,39-40,73-78,83-84,91-92,97-98H,7-34,37-38,41-72H2,1-6H3,(H,87,99)(H,88,100)(H,89,93)(H,90,94)(H,101,102)(H,103,104)/b39-35+,40-36+/t73?,74?,75-,76-,77-,78-,83+,84+/m1/s1. The molecular formula is C86H164N4O22P2. The number of carbonyl (C=O) groups excluding carboxylic acids is 6. The summed E-state index contributed by atoms with van der Waals surface area (Å²) in [6.07, 6.45) is 47.7. The van der Waals surface area contributed by atoms with Crippen LogP contribution in [0.4, 0.5) is 0 Å². The number of rotatable bonds is 85. The molecule has 0 spiro atoms. The molecule has 28 heteroatoms. The smallest absolute Gasteiger partial charge is 0.462 e. The van der Waals surface area contributed by atoms with E-state index < -0.39 is 139 Å². The molecule has 0 rings (SSSR count). The zero-order valence-corrected chi connectivity index (χ0v) is 73.7. The number of aliphatic hydroxyl groups is 4. The largest absolute Gasteiger partial charge is 0.472 e. The second-order valence-corrected chi connectivity index (χ2v) is 33.8. The lowest BCUT2D eigenvalue weighted by molar-refractivity contribution is -0.152. The molecule has 0 aliphatic carbocycles. The molecule has 0 bridgehead atoms. The average molecular weight is 1670 g/mol. The van der Waals surface area contributed by atoms with E-state index in [1.165, 1.54) is 89.9 Å². The molecule has 670 valence electrons. The minimum Gasteiger partial charge on any atom is -0.462 e. The molecular weight excluding hydrogens is 1500 g/mol.